The predicted molar refractivity (Wildman–Crippen MR) is 70.9 cm³/mol. The Morgan fingerprint density at radius 2 is 2.10 bits per heavy atom. The molecule has 0 radical (unpaired) electrons. The Morgan fingerprint density at radius 3 is 2.65 bits per heavy atom. The molecule has 1 heterocycles. The van der Waals surface area contributed by atoms with Gasteiger partial charge in [0.25, 0.3) is 11.5 Å². The van der Waals surface area contributed by atoms with E-state index in [0.717, 1.165) is 6.20 Å². The number of rotatable bonds is 3. The van der Waals surface area contributed by atoms with Crippen LogP contribution >= 0.6 is 0 Å². The molecular weight excluding hydrogens is 262 g/mol. The van der Waals surface area contributed by atoms with E-state index in [1.54, 1.807) is 13.0 Å². The van der Waals surface area contributed by atoms with Gasteiger partial charge in [-0.3, -0.25) is 9.59 Å². The smallest absolute Gasteiger partial charge is 0.335 e. The number of aromatic nitrogens is 2. The van der Waals surface area contributed by atoms with Gasteiger partial charge in [-0.15, -0.1) is 0 Å². The van der Waals surface area contributed by atoms with Gasteiger partial charge in [0, 0.05) is 11.9 Å². The number of carboxylic acids is 1. The molecule has 20 heavy (non-hydrogen) atoms. The van der Waals surface area contributed by atoms with Crippen molar-refractivity contribution in [3.8, 4) is 0 Å². The molecule has 2 aromatic rings. The Bertz CT molecular complexity index is 716. The second kappa shape index (κ2) is 5.35. The number of nitrogens with one attached hydrogen (secondary N) is 2. The van der Waals surface area contributed by atoms with Crippen molar-refractivity contribution in [2.45, 2.75) is 6.92 Å². The minimum absolute atomic E-state index is 0.0598. The van der Waals surface area contributed by atoms with Crippen molar-refractivity contribution in [2.75, 3.05) is 5.32 Å². The third-order valence-corrected chi connectivity index (χ3v) is 2.62. The van der Waals surface area contributed by atoms with Gasteiger partial charge in [0.15, 0.2) is 0 Å². The number of anilines is 1. The van der Waals surface area contributed by atoms with E-state index in [9.17, 15) is 14.4 Å². The lowest BCUT2D eigenvalue weighted by molar-refractivity contribution is 0.0696. The molecule has 1 aromatic heterocycles. The fourth-order valence-corrected chi connectivity index (χ4v) is 1.64. The molecule has 0 aliphatic rings. The van der Waals surface area contributed by atoms with E-state index < -0.39 is 17.4 Å². The van der Waals surface area contributed by atoms with Crippen molar-refractivity contribution >= 4 is 17.6 Å². The summed E-state index contributed by atoms with van der Waals surface area (Å²) < 4.78 is 0. The average molecular weight is 273 g/mol. The molecule has 3 N–H and O–H groups in total. The lowest BCUT2D eigenvalue weighted by Crippen LogP contribution is -2.17. The van der Waals surface area contributed by atoms with Crippen molar-refractivity contribution in [2.24, 2.45) is 0 Å². The fourth-order valence-electron chi connectivity index (χ4n) is 1.64. The van der Waals surface area contributed by atoms with Crippen molar-refractivity contribution in [1.29, 1.82) is 0 Å². The zero-order valence-corrected chi connectivity index (χ0v) is 10.5. The minimum Gasteiger partial charge on any atom is -0.478 e. The summed E-state index contributed by atoms with van der Waals surface area (Å²) in [6, 6.07) is 4.45. The maximum absolute atomic E-state index is 11.8. The second-order valence-electron chi connectivity index (χ2n) is 4.09. The van der Waals surface area contributed by atoms with Crippen LogP contribution in [0.5, 0.6) is 0 Å². The number of aryl methyl sites for hydroxylation is 1. The molecule has 0 aliphatic carbocycles. The second-order valence-corrected chi connectivity index (χ2v) is 4.09. The number of carbonyl (C=O) groups is 2. The van der Waals surface area contributed by atoms with Crippen LogP contribution in [0.3, 0.4) is 0 Å². The number of aromatic amines is 1. The molecule has 1 aromatic carbocycles. The number of carboxylic acid groups (broad SMARTS) is 1. The number of carbonyl (C=O) groups excluding carboxylic acids is 1. The predicted octanol–water partition coefficient (Wildman–Crippen LogP) is 1.03. The van der Waals surface area contributed by atoms with Gasteiger partial charge < -0.3 is 15.4 Å². The van der Waals surface area contributed by atoms with E-state index in [-0.39, 0.29) is 11.3 Å². The first-order valence-corrected chi connectivity index (χ1v) is 5.67. The maximum atomic E-state index is 11.8. The molecule has 1 amide bonds. The fraction of sp³-hybridized carbons (Fsp3) is 0.0769. The monoisotopic (exact) mass is 273 g/mol. The molecule has 2 rings (SSSR count). The van der Waals surface area contributed by atoms with Crippen LogP contribution in [-0.4, -0.2) is 27.0 Å². The van der Waals surface area contributed by atoms with Crippen LogP contribution in [0.25, 0.3) is 0 Å². The summed E-state index contributed by atoms with van der Waals surface area (Å²) in [6.45, 7) is 1.64. The van der Waals surface area contributed by atoms with Crippen molar-refractivity contribution in [3.63, 3.8) is 0 Å². The van der Waals surface area contributed by atoms with Gasteiger partial charge in [-0.1, -0.05) is 0 Å². The topological polar surface area (TPSA) is 112 Å². The lowest BCUT2D eigenvalue weighted by atomic mass is 10.1. The molecular formula is C13H11N3O4. The zero-order valence-electron chi connectivity index (χ0n) is 10.5. The van der Waals surface area contributed by atoms with Gasteiger partial charge in [-0.05, 0) is 30.7 Å². The molecule has 0 bridgehead atoms. The van der Waals surface area contributed by atoms with E-state index in [4.69, 9.17) is 5.11 Å². The van der Waals surface area contributed by atoms with Gasteiger partial charge in [-0.2, -0.15) is 0 Å². The Labute approximate surface area is 113 Å². The van der Waals surface area contributed by atoms with Gasteiger partial charge in [-0.25, -0.2) is 9.78 Å². The average Bonchev–Trinajstić information content (AvgIpc) is 2.39. The summed E-state index contributed by atoms with van der Waals surface area (Å²) in [6.07, 6.45) is 2.21. The first kappa shape index (κ1) is 13.5. The third-order valence-electron chi connectivity index (χ3n) is 2.62. The first-order chi connectivity index (χ1) is 9.47. The summed E-state index contributed by atoms with van der Waals surface area (Å²) >= 11 is 0. The van der Waals surface area contributed by atoms with Gasteiger partial charge in [0.05, 0.1) is 11.8 Å². The van der Waals surface area contributed by atoms with Gasteiger partial charge in [0.2, 0.25) is 0 Å². The highest BCUT2D eigenvalue weighted by Crippen LogP contribution is 2.15. The highest BCUT2D eigenvalue weighted by Gasteiger charge is 2.10. The Balaban J connectivity index is 2.20. The van der Waals surface area contributed by atoms with E-state index in [0.29, 0.717) is 11.3 Å². The molecule has 0 unspecified atom stereocenters. The Hall–Kier alpha value is -2.96. The molecule has 7 nitrogen and oxygen atoms in total. The standard InChI is InChI=1S/C13H11N3O4/c1-7-4-8(2-3-9(7)13(19)20)16-12(18)10-5-15-11(17)6-14-10/h2-6H,1H3,(H,15,17)(H,16,18)(H,19,20). The molecule has 0 saturated heterocycles. The number of aromatic carboxylic acids is 1. The highest BCUT2D eigenvalue weighted by molar-refractivity contribution is 6.03. The summed E-state index contributed by atoms with van der Waals surface area (Å²) in [4.78, 5) is 39.6. The number of amides is 1. The SMILES string of the molecule is Cc1cc(NC(=O)c2c[nH]c(=O)cn2)ccc1C(=O)O. The van der Waals surface area contributed by atoms with Crippen LogP contribution in [0, 0.1) is 6.92 Å². The normalized spacial score (nSPS) is 10.1. The van der Waals surface area contributed by atoms with Gasteiger partial charge in [0.1, 0.15) is 5.69 Å². The summed E-state index contributed by atoms with van der Waals surface area (Å²) in [7, 11) is 0. The molecule has 0 atom stereocenters. The van der Waals surface area contributed by atoms with E-state index >= 15 is 0 Å². The molecule has 0 saturated carbocycles. The Morgan fingerprint density at radius 1 is 1.35 bits per heavy atom. The molecule has 7 heteroatoms. The van der Waals surface area contributed by atoms with E-state index in [1.807, 2.05) is 0 Å². The van der Waals surface area contributed by atoms with Gasteiger partial charge >= 0.3 is 5.97 Å². The van der Waals surface area contributed by atoms with Crippen molar-refractivity contribution in [3.05, 3.63) is 57.8 Å². The van der Waals surface area contributed by atoms with Crippen molar-refractivity contribution in [1.82, 2.24) is 9.97 Å². The maximum Gasteiger partial charge on any atom is 0.335 e. The van der Waals surface area contributed by atoms with E-state index in [1.165, 1.54) is 18.3 Å². The van der Waals surface area contributed by atoms with E-state index in [2.05, 4.69) is 15.3 Å². The number of hydrogen-bond donors (Lipinski definition) is 3. The summed E-state index contributed by atoms with van der Waals surface area (Å²) in [5, 5.41) is 11.5. The van der Waals surface area contributed by atoms with Crippen LogP contribution in [0.1, 0.15) is 26.4 Å². The number of benzene rings is 1. The Kier molecular flexibility index (Phi) is 3.60. The molecule has 102 valence electrons. The number of nitrogens with zero attached hydrogens (tertiary/aromatic N) is 1. The summed E-state index contributed by atoms with van der Waals surface area (Å²) in [5.41, 5.74) is 0.813. The molecule has 0 spiro atoms. The minimum atomic E-state index is -1.03. The number of hydrogen-bond acceptors (Lipinski definition) is 4. The van der Waals surface area contributed by atoms with Crippen LogP contribution in [0.4, 0.5) is 5.69 Å². The van der Waals surface area contributed by atoms with Crippen molar-refractivity contribution < 1.29 is 14.7 Å². The van der Waals surface area contributed by atoms with Crippen LogP contribution in [0.2, 0.25) is 0 Å². The third kappa shape index (κ3) is 2.89. The molecule has 0 aliphatic heterocycles. The first-order valence-electron chi connectivity index (χ1n) is 5.67. The largest absolute Gasteiger partial charge is 0.478 e. The van der Waals surface area contributed by atoms with Crippen LogP contribution in [-0.2, 0) is 0 Å². The van der Waals surface area contributed by atoms with Crippen LogP contribution in [0.15, 0.2) is 35.4 Å². The summed E-state index contributed by atoms with van der Waals surface area (Å²) in [5.74, 6) is -1.52. The quantitative estimate of drug-likeness (QED) is 0.773. The highest BCUT2D eigenvalue weighted by atomic mass is 16.4. The molecule has 0 fully saturated rings. The van der Waals surface area contributed by atoms with Crippen LogP contribution < -0.4 is 10.9 Å². The zero-order chi connectivity index (χ0) is 14.7. The lowest BCUT2D eigenvalue weighted by Gasteiger charge is -2.07. The number of H-pyrrole nitrogens is 1.